The van der Waals surface area contributed by atoms with Gasteiger partial charge in [0.1, 0.15) is 0 Å². The van der Waals surface area contributed by atoms with E-state index in [1.54, 1.807) is 0 Å². The molecule has 0 aromatic carbocycles. The van der Waals surface area contributed by atoms with Crippen LogP contribution in [-0.4, -0.2) is 24.6 Å². The molecular formula is C42H88ClP. The Hall–Kier alpha value is 0.720. The summed E-state index contributed by atoms with van der Waals surface area (Å²) in [4.78, 5) is 0. The summed E-state index contributed by atoms with van der Waals surface area (Å²) in [6.45, 7) is 9.35. The maximum absolute atomic E-state index is 8.10. The second-order valence-corrected chi connectivity index (χ2v) is 23.6. The minimum absolute atomic E-state index is 1.33. The van der Waals surface area contributed by atoms with E-state index in [1.165, 1.54) is 243 Å². The Morgan fingerprint density at radius 1 is 0.227 bits per heavy atom. The summed E-state index contributed by atoms with van der Waals surface area (Å²) in [7, 11) is 0. The normalized spacial score (nSPS) is 13.0. The van der Waals surface area contributed by atoms with Gasteiger partial charge >= 0.3 is 235 Å². The zero-order valence-electron chi connectivity index (χ0n) is 31.7. The molecule has 0 unspecified atom stereocenters. The summed E-state index contributed by atoms with van der Waals surface area (Å²) in [5.41, 5.74) is 0. The molecule has 0 spiro atoms. The molecule has 0 saturated carbocycles. The number of hydrogen-bond acceptors (Lipinski definition) is 0. The van der Waals surface area contributed by atoms with E-state index in [-0.39, 0.29) is 0 Å². The summed E-state index contributed by atoms with van der Waals surface area (Å²) in [6.07, 6.45) is 54.4. The third-order valence-corrected chi connectivity index (χ3v) is 18.5. The fourth-order valence-corrected chi connectivity index (χ4v) is 14.4. The predicted molar refractivity (Wildman–Crippen MR) is 212 cm³/mol. The maximum atomic E-state index is 8.10. The summed E-state index contributed by atoms with van der Waals surface area (Å²) in [5.74, 6) is -2.10. The molecule has 0 amide bonds. The van der Waals surface area contributed by atoms with Gasteiger partial charge in [0.25, 0.3) is 0 Å². The van der Waals surface area contributed by atoms with E-state index in [4.69, 9.17) is 11.2 Å². The zero-order chi connectivity index (χ0) is 32.3. The van der Waals surface area contributed by atoms with Crippen molar-refractivity contribution in [2.45, 2.75) is 246 Å². The van der Waals surface area contributed by atoms with Crippen LogP contribution in [0.15, 0.2) is 0 Å². The third kappa shape index (κ3) is 28.9. The molecule has 0 heterocycles. The van der Waals surface area contributed by atoms with Crippen LogP contribution in [-0.2, 0) is 0 Å². The molecule has 0 N–H and O–H groups in total. The van der Waals surface area contributed by atoms with E-state index < -0.39 is 5.96 Å². The van der Waals surface area contributed by atoms with Gasteiger partial charge in [-0.3, -0.25) is 0 Å². The first-order chi connectivity index (χ1) is 21.5. The molecule has 0 atom stereocenters. The average molecular weight is 660 g/mol. The van der Waals surface area contributed by atoms with Crippen LogP contribution in [0.5, 0.6) is 0 Å². The van der Waals surface area contributed by atoms with Crippen molar-refractivity contribution in [1.29, 1.82) is 0 Å². The van der Waals surface area contributed by atoms with Crippen molar-refractivity contribution in [3.05, 3.63) is 0 Å². The van der Waals surface area contributed by atoms with E-state index in [0.717, 1.165) is 0 Å². The van der Waals surface area contributed by atoms with E-state index in [1.807, 2.05) is 0 Å². The Kier molecular flexibility index (Phi) is 34.2. The Morgan fingerprint density at radius 3 is 0.568 bits per heavy atom. The molecule has 0 aliphatic heterocycles. The van der Waals surface area contributed by atoms with Crippen LogP contribution in [0.25, 0.3) is 0 Å². The second kappa shape index (κ2) is 33.6. The number of unbranched alkanes of at least 4 members (excludes halogenated alkanes) is 30. The summed E-state index contributed by atoms with van der Waals surface area (Å²) < 4.78 is 0. The van der Waals surface area contributed by atoms with Gasteiger partial charge in [-0.1, -0.05) is 52.4 Å². The summed E-state index contributed by atoms with van der Waals surface area (Å²) >= 11 is 8.10. The molecule has 0 aliphatic carbocycles. The molecule has 2 heteroatoms. The van der Waals surface area contributed by atoms with Crippen molar-refractivity contribution in [3.8, 4) is 0 Å². The monoisotopic (exact) mass is 659 g/mol. The average Bonchev–Trinajstić information content (AvgIpc) is 3.02. The van der Waals surface area contributed by atoms with Crippen LogP contribution in [0, 0.1) is 0 Å². The van der Waals surface area contributed by atoms with E-state index in [2.05, 4.69) is 27.7 Å². The van der Waals surface area contributed by atoms with Gasteiger partial charge in [-0.05, 0) is 0 Å². The van der Waals surface area contributed by atoms with Crippen LogP contribution >= 0.6 is 17.2 Å². The molecule has 0 saturated heterocycles. The first-order valence-corrected chi connectivity index (χ1v) is 25.1. The van der Waals surface area contributed by atoms with Gasteiger partial charge in [-0.25, -0.2) is 0 Å². The Labute approximate surface area is 286 Å². The van der Waals surface area contributed by atoms with Gasteiger partial charge < -0.3 is 0 Å². The quantitative estimate of drug-likeness (QED) is 0.0457. The topological polar surface area (TPSA) is 0 Å². The molecule has 0 aromatic heterocycles. The summed E-state index contributed by atoms with van der Waals surface area (Å²) in [6, 6.07) is 0. The van der Waals surface area contributed by atoms with E-state index in [9.17, 15) is 0 Å². The summed E-state index contributed by atoms with van der Waals surface area (Å²) in [5, 5.41) is 0. The Morgan fingerprint density at radius 2 is 0.364 bits per heavy atom. The van der Waals surface area contributed by atoms with Crippen LogP contribution in [0.4, 0.5) is 0 Å². The predicted octanol–water partition coefficient (Wildman–Crippen LogP) is 17.0. The van der Waals surface area contributed by atoms with Gasteiger partial charge in [-0.2, -0.15) is 0 Å². The van der Waals surface area contributed by atoms with Crippen LogP contribution < -0.4 is 0 Å². The SMILES string of the molecule is CCCCCCCCCCCCCCCCP(Cl)(CCCCC)(CCCCC)CCCCCCCCCCCCCCCC. The van der Waals surface area contributed by atoms with Crippen LogP contribution in [0.2, 0.25) is 0 Å². The first-order valence-electron chi connectivity index (χ1n) is 21.3. The van der Waals surface area contributed by atoms with Crippen LogP contribution in [0.3, 0.4) is 0 Å². The van der Waals surface area contributed by atoms with Crippen molar-refractivity contribution in [2.75, 3.05) is 24.6 Å². The molecule has 0 nitrogen and oxygen atoms in total. The molecule has 0 aliphatic rings. The van der Waals surface area contributed by atoms with Gasteiger partial charge in [-0.15, -0.1) is 0 Å². The second-order valence-electron chi connectivity index (χ2n) is 15.3. The molecular weight excluding hydrogens is 571 g/mol. The number of halogens is 1. The van der Waals surface area contributed by atoms with Crippen molar-refractivity contribution < 1.29 is 0 Å². The standard InChI is InChI=1S/C42H88ClP/c1-5-9-13-15-17-19-21-23-25-27-29-31-33-37-41-44(43,39-35-11-7-3,40-36-12-8-4)42-38-34-32-30-28-26-24-22-20-18-16-14-10-6-2/h5-42H2,1-4H3. The zero-order valence-corrected chi connectivity index (χ0v) is 33.3. The van der Waals surface area contributed by atoms with Crippen molar-refractivity contribution in [1.82, 2.24) is 0 Å². The minimum atomic E-state index is -2.10. The molecule has 0 rings (SSSR count). The third-order valence-electron chi connectivity index (χ3n) is 10.8. The van der Waals surface area contributed by atoms with Gasteiger partial charge in [0.05, 0.1) is 0 Å². The van der Waals surface area contributed by atoms with E-state index in [0.29, 0.717) is 0 Å². The van der Waals surface area contributed by atoms with Crippen molar-refractivity contribution in [2.24, 2.45) is 0 Å². The molecule has 44 heavy (non-hydrogen) atoms. The Balaban J connectivity index is 4.34. The smallest absolute Gasteiger partial charge is 0.0654 e. The van der Waals surface area contributed by atoms with Crippen LogP contribution in [0.1, 0.15) is 246 Å². The molecule has 268 valence electrons. The van der Waals surface area contributed by atoms with Crippen molar-refractivity contribution in [3.63, 3.8) is 0 Å². The number of hydrogen-bond donors (Lipinski definition) is 0. The molecule has 0 fully saturated rings. The van der Waals surface area contributed by atoms with Gasteiger partial charge in [0.15, 0.2) is 0 Å². The molecule has 0 radical (unpaired) electrons. The number of rotatable bonds is 38. The first kappa shape index (κ1) is 44.7. The minimum Gasteiger partial charge on any atom is -0.0654 e. The van der Waals surface area contributed by atoms with E-state index >= 15 is 0 Å². The van der Waals surface area contributed by atoms with Crippen molar-refractivity contribution >= 4 is 17.2 Å². The molecule has 0 bridgehead atoms. The van der Waals surface area contributed by atoms with Gasteiger partial charge in [0, 0.05) is 0 Å². The fourth-order valence-electron chi connectivity index (χ4n) is 7.59. The Bertz CT molecular complexity index is 500. The molecule has 0 aromatic rings. The van der Waals surface area contributed by atoms with Gasteiger partial charge in [0.2, 0.25) is 0 Å². The fraction of sp³-hybridized carbons (Fsp3) is 1.00.